The van der Waals surface area contributed by atoms with E-state index < -0.39 is 11.9 Å². The standard InChI is InChI=1S/C14H11BrClNO4/c15-12-5-4-11(21-12)14(19)20-8-13(18)17-7-9-2-1-3-10(16)6-9/h1-6H,7-8H2,(H,17,18). The number of ether oxygens (including phenoxy) is 1. The second kappa shape index (κ2) is 7.28. The highest BCUT2D eigenvalue weighted by Gasteiger charge is 2.13. The lowest BCUT2D eigenvalue weighted by molar-refractivity contribution is -0.124. The van der Waals surface area contributed by atoms with Crippen LogP contribution in [0.5, 0.6) is 0 Å². The van der Waals surface area contributed by atoms with Crippen LogP contribution in [0.1, 0.15) is 16.1 Å². The molecule has 0 atom stereocenters. The van der Waals surface area contributed by atoms with Crippen molar-refractivity contribution in [2.24, 2.45) is 0 Å². The number of hydrogen-bond donors (Lipinski definition) is 1. The Bertz CT molecular complexity index is 656. The monoisotopic (exact) mass is 371 g/mol. The number of halogens is 2. The van der Waals surface area contributed by atoms with Crippen LogP contribution in [0.3, 0.4) is 0 Å². The first-order valence-electron chi connectivity index (χ1n) is 5.98. The molecule has 0 fully saturated rings. The molecule has 0 saturated heterocycles. The summed E-state index contributed by atoms with van der Waals surface area (Å²) in [4.78, 5) is 23.1. The minimum absolute atomic E-state index is 0.0320. The Kier molecular flexibility index (Phi) is 5.41. The number of amides is 1. The molecule has 2 aromatic rings. The molecular formula is C14H11BrClNO4. The van der Waals surface area contributed by atoms with Gasteiger partial charge in [-0.3, -0.25) is 4.79 Å². The molecule has 0 unspecified atom stereocenters. The van der Waals surface area contributed by atoms with Crippen molar-refractivity contribution in [2.75, 3.05) is 6.61 Å². The zero-order valence-electron chi connectivity index (χ0n) is 10.8. The number of benzene rings is 1. The Morgan fingerprint density at radius 2 is 2.10 bits per heavy atom. The predicted molar refractivity (Wildman–Crippen MR) is 80.0 cm³/mol. The number of esters is 1. The van der Waals surface area contributed by atoms with E-state index in [2.05, 4.69) is 21.2 Å². The largest absolute Gasteiger partial charge is 0.450 e. The Hall–Kier alpha value is -1.79. The van der Waals surface area contributed by atoms with E-state index in [1.807, 2.05) is 6.07 Å². The van der Waals surface area contributed by atoms with E-state index in [1.165, 1.54) is 6.07 Å². The molecule has 7 heteroatoms. The van der Waals surface area contributed by atoms with Crippen LogP contribution in [0.15, 0.2) is 45.5 Å². The van der Waals surface area contributed by atoms with Gasteiger partial charge in [-0.15, -0.1) is 0 Å². The number of carbonyl (C=O) groups is 2. The summed E-state index contributed by atoms with van der Waals surface area (Å²) >= 11 is 8.91. The molecule has 5 nitrogen and oxygen atoms in total. The molecule has 0 spiro atoms. The minimum atomic E-state index is -0.696. The molecule has 0 bridgehead atoms. The van der Waals surface area contributed by atoms with Gasteiger partial charge >= 0.3 is 5.97 Å². The molecule has 0 aliphatic carbocycles. The Morgan fingerprint density at radius 3 is 2.76 bits per heavy atom. The molecule has 1 amide bonds. The fraction of sp³-hybridized carbons (Fsp3) is 0.143. The van der Waals surface area contributed by atoms with Crippen LogP contribution < -0.4 is 5.32 Å². The van der Waals surface area contributed by atoms with Gasteiger partial charge in [0, 0.05) is 11.6 Å². The molecule has 0 aliphatic heterocycles. The van der Waals surface area contributed by atoms with Gasteiger partial charge in [-0.25, -0.2) is 4.79 Å². The lowest BCUT2D eigenvalue weighted by Gasteiger charge is -2.06. The van der Waals surface area contributed by atoms with Crippen molar-refractivity contribution in [3.8, 4) is 0 Å². The van der Waals surface area contributed by atoms with E-state index in [1.54, 1.807) is 24.3 Å². The highest BCUT2D eigenvalue weighted by molar-refractivity contribution is 9.10. The Morgan fingerprint density at radius 1 is 1.29 bits per heavy atom. The van der Waals surface area contributed by atoms with Crippen LogP contribution in [0.4, 0.5) is 0 Å². The second-order valence-electron chi connectivity index (χ2n) is 4.09. The van der Waals surface area contributed by atoms with E-state index in [-0.39, 0.29) is 12.4 Å². The quantitative estimate of drug-likeness (QED) is 0.819. The zero-order chi connectivity index (χ0) is 15.2. The van der Waals surface area contributed by atoms with E-state index >= 15 is 0 Å². The van der Waals surface area contributed by atoms with Crippen molar-refractivity contribution in [3.63, 3.8) is 0 Å². The first-order valence-corrected chi connectivity index (χ1v) is 7.15. The molecule has 1 heterocycles. The molecule has 1 aromatic carbocycles. The number of carbonyl (C=O) groups excluding carboxylic acids is 2. The fourth-order valence-electron chi connectivity index (χ4n) is 1.52. The molecule has 1 N–H and O–H groups in total. The maximum atomic E-state index is 11.6. The minimum Gasteiger partial charge on any atom is -0.450 e. The van der Waals surface area contributed by atoms with E-state index in [0.29, 0.717) is 16.2 Å². The summed E-state index contributed by atoms with van der Waals surface area (Å²) in [6.45, 7) is -0.0685. The summed E-state index contributed by atoms with van der Waals surface area (Å²) in [7, 11) is 0. The molecule has 1 aromatic heterocycles. The van der Waals surface area contributed by atoms with Crippen LogP contribution in [0.2, 0.25) is 5.02 Å². The summed E-state index contributed by atoms with van der Waals surface area (Å²) < 4.78 is 10.3. The number of rotatable bonds is 5. The first kappa shape index (κ1) is 15.6. The lowest BCUT2D eigenvalue weighted by Crippen LogP contribution is -2.28. The topological polar surface area (TPSA) is 68.5 Å². The fourth-order valence-corrected chi connectivity index (χ4v) is 2.04. The van der Waals surface area contributed by atoms with E-state index in [0.717, 1.165) is 5.56 Å². The Balaban J connectivity index is 1.76. The SMILES string of the molecule is O=C(COC(=O)c1ccc(Br)o1)NCc1cccc(Cl)c1. The zero-order valence-corrected chi connectivity index (χ0v) is 13.1. The highest BCUT2D eigenvalue weighted by atomic mass is 79.9. The second-order valence-corrected chi connectivity index (χ2v) is 5.30. The van der Waals surface area contributed by atoms with Gasteiger partial charge in [0.2, 0.25) is 5.76 Å². The molecule has 0 aliphatic rings. The molecule has 0 radical (unpaired) electrons. The maximum Gasteiger partial charge on any atom is 0.374 e. The summed E-state index contributed by atoms with van der Waals surface area (Å²) in [5.41, 5.74) is 0.858. The molecular weight excluding hydrogens is 362 g/mol. The molecule has 0 saturated carbocycles. The average molecular weight is 373 g/mol. The van der Waals surface area contributed by atoms with Gasteiger partial charge in [-0.2, -0.15) is 0 Å². The van der Waals surface area contributed by atoms with Gasteiger partial charge in [0.05, 0.1) is 0 Å². The normalized spacial score (nSPS) is 10.2. The number of hydrogen-bond acceptors (Lipinski definition) is 4. The van der Waals surface area contributed by atoms with Crippen molar-refractivity contribution in [1.82, 2.24) is 5.32 Å². The van der Waals surface area contributed by atoms with Crippen LogP contribution in [0.25, 0.3) is 0 Å². The lowest BCUT2D eigenvalue weighted by atomic mass is 10.2. The van der Waals surface area contributed by atoms with Gasteiger partial charge in [0.15, 0.2) is 11.3 Å². The van der Waals surface area contributed by atoms with Crippen molar-refractivity contribution in [3.05, 3.63) is 57.4 Å². The Labute approximate surface area is 134 Å². The van der Waals surface area contributed by atoms with Crippen LogP contribution in [0, 0.1) is 0 Å². The predicted octanol–water partition coefficient (Wildman–Crippen LogP) is 3.17. The van der Waals surface area contributed by atoms with Crippen molar-refractivity contribution < 1.29 is 18.7 Å². The third kappa shape index (κ3) is 4.91. The van der Waals surface area contributed by atoms with Crippen LogP contribution >= 0.6 is 27.5 Å². The molecule has 21 heavy (non-hydrogen) atoms. The van der Waals surface area contributed by atoms with E-state index in [9.17, 15) is 9.59 Å². The summed E-state index contributed by atoms with van der Waals surface area (Å²) in [6, 6.07) is 10.1. The summed E-state index contributed by atoms with van der Waals surface area (Å²) in [5, 5.41) is 3.22. The van der Waals surface area contributed by atoms with Gasteiger partial charge < -0.3 is 14.5 Å². The van der Waals surface area contributed by atoms with E-state index in [4.69, 9.17) is 20.8 Å². The van der Waals surface area contributed by atoms with Crippen molar-refractivity contribution in [2.45, 2.75) is 6.54 Å². The maximum absolute atomic E-state index is 11.6. The molecule has 2 rings (SSSR count). The van der Waals surface area contributed by atoms with Gasteiger partial charge in [-0.05, 0) is 45.8 Å². The smallest absolute Gasteiger partial charge is 0.374 e. The summed E-state index contributed by atoms with van der Waals surface area (Å²) in [6.07, 6.45) is 0. The number of nitrogens with one attached hydrogen (secondary N) is 1. The van der Waals surface area contributed by atoms with Crippen molar-refractivity contribution in [1.29, 1.82) is 0 Å². The third-order valence-corrected chi connectivity index (χ3v) is 3.15. The number of furan rings is 1. The first-order chi connectivity index (χ1) is 10.0. The average Bonchev–Trinajstić information content (AvgIpc) is 2.89. The van der Waals surface area contributed by atoms with Crippen molar-refractivity contribution >= 4 is 39.4 Å². The highest BCUT2D eigenvalue weighted by Crippen LogP contribution is 2.14. The van der Waals surface area contributed by atoms with Crippen LogP contribution in [-0.2, 0) is 16.1 Å². The summed E-state index contributed by atoms with van der Waals surface area (Å²) in [5.74, 6) is -1.07. The van der Waals surface area contributed by atoms with Gasteiger partial charge in [0.1, 0.15) is 0 Å². The van der Waals surface area contributed by atoms with Crippen LogP contribution in [-0.4, -0.2) is 18.5 Å². The molecule has 110 valence electrons. The van der Waals surface area contributed by atoms with Gasteiger partial charge in [-0.1, -0.05) is 23.7 Å². The van der Waals surface area contributed by atoms with Gasteiger partial charge in [0.25, 0.3) is 5.91 Å². The third-order valence-electron chi connectivity index (χ3n) is 2.49.